The molecule has 3 aliphatic rings. The Hall–Kier alpha value is -1.43. The van der Waals surface area contributed by atoms with E-state index in [1.165, 1.54) is 25.7 Å². The van der Waals surface area contributed by atoms with Gasteiger partial charge in [0, 0.05) is 44.1 Å². The van der Waals surface area contributed by atoms with Crippen molar-refractivity contribution < 1.29 is 14.1 Å². The topological polar surface area (TPSA) is 68.5 Å². The molecule has 1 atom stereocenters. The number of hydrogen-bond donors (Lipinski definition) is 0. The molecular formula is C22H35N3O3. The van der Waals surface area contributed by atoms with Gasteiger partial charge in [-0.15, -0.1) is 0 Å². The second-order valence-electron chi connectivity index (χ2n) is 9.35. The van der Waals surface area contributed by atoms with Gasteiger partial charge in [0.05, 0.1) is 0 Å². The molecule has 4 rings (SSSR count). The fourth-order valence-electron chi connectivity index (χ4n) is 5.23. The second kappa shape index (κ2) is 8.93. The van der Waals surface area contributed by atoms with Crippen molar-refractivity contribution >= 4 is 5.91 Å². The normalized spacial score (nSPS) is 26.3. The predicted octanol–water partition coefficient (Wildman–Crippen LogP) is 4.11. The van der Waals surface area contributed by atoms with Crippen LogP contribution < -0.4 is 0 Å². The van der Waals surface area contributed by atoms with Gasteiger partial charge in [0.25, 0.3) is 0 Å². The molecule has 0 spiro atoms. The lowest BCUT2D eigenvalue weighted by atomic mass is 9.74. The highest BCUT2D eigenvalue weighted by molar-refractivity contribution is 5.82. The van der Waals surface area contributed by atoms with Crippen molar-refractivity contribution in [1.82, 2.24) is 15.0 Å². The van der Waals surface area contributed by atoms with E-state index in [1.807, 2.05) is 0 Å². The number of likely N-dealkylation sites (tertiary alicyclic amines) is 1. The molecule has 1 aromatic heterocycles. The van der Waals surface area contributed by atoms with E-state index in [2.05, 4.69) is 22.0 Å². The number of ether oxygens (including phenoxy) is 1. The number of carbonyl (C=O) groups is 1. The summed E-state index contributed by atoms with van der Waals surface area (Å²) < 4.78 is 10.9. The van der Waals surface area contributed by atoms with E-state index < -0.39 is 0 Å². The minimum Gasteiger partial charge on any atom is -0.381 e. The molecule has 1 unspecified atom stereocenters. The molecule has 0 aromatic carbocycles. The van der Waals surface area contributed by atoms with Crippen LogP contribution in [0, 0.1) is 11.3 Å². The zero-order chi connectivity index (χ0) is 19.4. The van der Waals surface area contributed by atoms with Crippen LogP contribution in [0.4, 0.5) is 0 Å². The first-order valence-corrected chi connectivity index (χ1v) is 11.3. The number of piperidine rings is 1. The SMILES string of the molecule is CC1(C(=O)N2CCCC(CCc3noc(C4CCOCC4)n3)C2)CCCCC1. The summed E-state index contributed by atoms with van der Waals surface area (Å²) in [6.45, 7) is 5.59. The molecule has 3 heterocycles. The van der Waals surface area contributed by atoms with Crippen molar-refractivity contribution in [3.8, 4) is 0 Å². The van der Waals surface area contributed by atoms with Crippen molar-refractivity contribution in [2.75, 3.05) is 26.3 Å². The lowest BCUT2D eigenvalue weighted by Crippen LogP contribution is -2.47. The third-order valence-corrected chi connectivity index (χ3v) is 7.11. The number of carbonyl (C=O) groups excluding carboxylic acids is 1. The molecule has 1 amide bonds. The molecule has 156 valence electrons. The summed E-state index contributed by atoms with van der Waals surface area (Å²) in [5, 5.41) is 4.21. The molecule has 0 bridgehead atoms. The van der Waals surface area contributed by atoms with Crippen LogP contribution in [-0.2, 0) is 16.0 Å². The fourth-order valence-corrected chi connectivity index (χ4v) is 5.23. The average molecular weight is 390 g/mol. The second-order valence-corrected chi connectivity index (χ2v) is 9.35. The summed E-state index contributed by atoms with van der Waals surface area (Å²) in [7, 11) is 0. The zero-order valence-corrected chi connectivity index (χ0v) is 17.3. The number of rotatable bonds is 5. The number of aromatic nitrogens is 2. The maximum atomic E-state index is 13.1. The summed E-state index contributed by atoms with van der Waals surface area (Å²) in [6.07, 6.45) is 11.9. The van der Waals surface area contributed by atoms with Crippen LogP contribution in [0.5, 0.6) is 0 Å². The van der Waals surface area contributed by atoms with E-state index >= 15 is 0 Å². The standard InChI is InChI=1S/C22H35N3O3/c1-22(11-3-2-4-12-22)21(26)25-13-5-6-17(16-25)7-8-19-23-20(28-24-19)18-9-14-27-15-10-18/h17-18H,2-16H2,1H3. The highest BCUT2D eigenvalue weighted by Crippen LogP contribution is 2.38. The summed E-state index contributed by atoms with van der Waals surface area (Å²) >= 11 is 0. The van der Waals surface area contributed by atoms with Gasteiger partial charge in [-0.05, 0) is 50.9 Å². The Balaban J connectivity index is 1.28. The van der Waals surface area contributed by atoms with E-state index in [-0.39, 0.29) is 5.41 Å². The number of aryl methyl sites for hydroxylation is 1. The van der Waals surface area contributed by atoms with Crippen molar-refractivity contribution in [2.45, 2.75) is 83.5 Å². The largest absolute Gasteiger partial charge is 0.381 e. The van der Waals surface area contributed by atoms with Crippen molar-refractivity contribution in [1.29, 1.82) is 0 Å². The molecule has 0 radical (unpaired) electrons. The Morgan fingerprint density at radius 2 is 1.93 bits per heavy atom. The smallest absolute Gasteiger partial charge is 0.229 e. The van der Waals surface area contributed by atoms with Crippen molar-refractivity contribution in [2.24, 2.45) is 11.3 Å². The third kappa shape index (κ3) is 4.58. The van der Waals surface area contributed by atoms with E-state index in [0.717, 1.165) is 83.0 Å². The third-order valence-electron chi connectivity index (χ3n) is 7.11. The number of hydrogen-bond acceptors (Lipinski definition) is 5. The molecule has 6 heteroatoms. The monoisotopic (exact) mass is 389 g/mol. The minimum absolute atomic E-state index is 0.119. The lowest BCUT2D eigenvalue weighted by molar-refractivity contribution is -0.145. The average Bonchev–Trinajstić information content (AvgIpc) is 3.22. The first-order chi connectivity index (χ1) is 13.6. The first kappa shape index (κ1) is 19.9. The zero-order valence-electron chi connectivity index (χ0n) is 17.3. The van der Waals surface area contributed by atoms with Gasteiger partial charge in [0.1, 0.15) is 0 Å². The van der Waals surface area contributed by atoms with Gasteiger partial charge in [-0.3, -0.25) is 4.79 Å². The van der Waals surface area contributed by atoms with Gasteiger partial charge in [-0.1, -0.05) is 31.3 Å². The summed E-state index contributed by atoms with van der Waals surface area (Å²) in [5.41, 5.74) is -0.119. The van der Waals surface area contributed by atoms with Crippen LogP contribution in [0.2, 0.25) is 0 Å². The molecule has 1 saturated carbocycles. The minimum atomic E-state index is -0.119. The van der Waals surface area contributed by atoms with Crippen LogP contribution in [0.1, 0.15) is 88.8 Å². The highest BCUT2D eigenvalue weighted by atomic mass is 16.5. The first-order valence-electron chi connectivity index (χ1n) is 11.3. The summed E-state index contributed by atoms with van der Waals surface area (Å²) in [5.74, 6) is 2.91. The van der Waals surface area contributed by atoms with E-state index in [0.29, 0.717) is 17.7 Å². The van der Waals surface area contributed by atoms with Gasteiger partial charge in [0.15, 0.2) is 5.82 Å². The molecule has 1 aliphatic carbocycles. The number of nitrogens with zero attached hydrogens (tertiary/aromatic N) is 3. The molecule has 2 saturated heterocycles. The Bertz CT molecular complexity index is 647. The van der Waals surface area contributed by atoms with Gasteiger partial charge >= 0.3 is 0 Å². The van der Waals surface area contributed by atoms with Crippen LogP contribution in [0.25, 0.3) is 0 Å². The Labute approximate surface area is 168 Å². The van der Waals surface area contributed by atoms with Crippen molar-refractivity contribution in [3.05, 3.63) is 11.7 Å². The molecule has 2 aliphatic heterocycles. The van der Waals surface area contributed by atoms with E-state index in [4.69, 9.17) is 9.26 Å². The van der Waals surface area contributed by atoms with E-state index in [1.54, 1.807) is 0 Å². The van der Waals surface area contributed by atoms with E-state index in [9.17, 15) is 4.79 Å². The quantitative estimate of drug-likeness (QED) is 0.758. The highest BCUT2D eigenvalue weighted by Gasteiger charge is 2.38. The van der Waals surface area contributed by atoms with Crippen molar-refractivity contribution in [3.63, 3.8) is 0 Å². The van der Waals surface area contributed by atoms with Crippen LogP contribution in [0.3, 0.4) is 0 Å². The van der Waals surface area contributed by atoms with Crippen LogP contribution in [-0.4, -0.2) is 47.3 Å². The predicted molar refractivity (Wildman–Crippen MR) is 106 cm³/mol. The van der Waals surface area contributed by atoms with Crippen LogP contribution in [0.15, 0.2) is 4.52 Å². The molecule has 28 heavy (non-hydrogen) atoms. The molecule has 0 N–H and O–H groups in total. The van der Waals surface area contributed by atoms with Gasteiger partial charge < -0.3 is 14.2 Å². The van der Waals surface area contributed by atoms with Gasteiger partial charge in [-0.25, -0.2) is 0 Å². The summed E-state index contributed by atoms with van der Waals surface area (Å²) in [6, 6.07) is 0. The van der Waals surface area contributed by atoms with Gasteiger partial charge in [-0.2, -0.15) is 4.98 Å². The molecular weight excluding hydrogens is 354 g/mol. The molecule has 3 fully saturated rings. The number of amides is 1. The van der Waals surface area contributed by atoms with Gasteiger partial charge in [0.2, 0.25) is 11.8 Å². The fraction of sp³-hybridized carbons (Fsp3) is 0.864. The molecule has 6 nitrogen and oxygen atoms in total. The summed E-state index contributed by atoms with van der Waals surface area (Å²) in [4.78, 5) is 19.9. The lowest BCUT2D eigenvalue weighted by Gasteiger charge is -2.40. The Kier molecular flexibility index (Phi) is 6.34. The Morgan fingerprint density at radius 1 is 1.14 bits per heavy atom. The maximum Gasteiger partial charge on any atom is 0.229 e. The Morgan fingerprint density at radius 3 is 2.71 bits per heavy atom. The van der Waals surface area contributed by atoms with Crippen LogP contribution >= 0.6 is 0 Å². The maximum absolute atomic E-state index is 13.1. The molecule has 1 aromatic rings.